The summed E-state index contributed by atoms with van der Waals surface area (Å²) in [5.41, 5.74) is 1.51. The molecule has 0 bridgehead atoms. The zero-order valence-electron chi connectivity index (χ0n) is 10.8. The Labute approximate surface area is 108 Å². The Morgan fingerprint density at radius 1 is 1.12 bits per heavy atom. The van der Waals surface area contributed by atoms with E-state index >= 15 is 0 Å². The Balaban J connectivity index is 2.03. The minimum Gasteiger partial charge on any atom is -0.303 e. The van der Waals surface area contributed by atoms with Crippen LogP contribution in [0, 0.1) is 0 Å². The maximum atomic E-state index is 2.53. The Kier molecular flexibility index (Phi) is 4.57. The smallest absolute Gasteiger partial charge is 0.0345 e. The second-order valence-corrected chi connectivity index (χ2v) is 5.35. The average molecular weight is 247 g/mol. The van der Waals surface area contributed by atoms with Gasteiger partial charge in [0.15, 0.2) is 0 Å². The second-order valence-electron chi connectivity index (χ2n) is 4.44. The van der Waals surface area contributed by atoms with Crippen molar-refractivity contribution in [3.05, 3.63) is 35.2 Å². The highest BCUT2D eigenvalue weighted by Crippen LogP contribution is 2.25. The van der Waals surface area contributed by atoms with Crippen molar-refractivity contribution < 1.29 is 0 Å². The molecule has 0 N–H and O–H groups in total. The van der Waals surface area contributed by atoms with E-state index in [4.69, 9.17) is 0 Å². The third-order valence-electron chi connectivity index (χ3n) is 3.25. The van der Waals surface area contributed by atoms with Crippen LogP contribution in [-0.4, -0.2) is 24.5 Å². The molecular formula is C15H21NS. The van der Waals surface area contributed by atoms with E-state index in [0.29, 0.717) is 0 Å². The molecule has 17 heavy (non-hydrogen) atoms. The minimum atomic E-state index is 1.16. The van der Waals surface area contributed by atoms with Gasteiger partial charge in [-0.05, 0) is 48.3 Å². The largest absolute Gasteiger partial charge is 0.303 e. The summed E-state index contributed by atoms with van der Waals surface area (Å²) < 4.78 is 1.42. The fourth-order valence-electron chi connectivity index (χ4n) is 2.25. The quantitative estimate of drug-likeness (QED) is 0.740. The molecule has 1 heterocycles. The van der Waals surface area contributed by atoms with Crippen molar-refractivity contribution in [2.45, 2.75) is 26.7 Å². The van der Waals surface area contributed by atoms with Crippen LogP contribution in [0.2, 0.25) is 0 Å². The van der Waals surface area contributed by atoms with Gasteiger partial charge in [-0.25, -0.2) is 0 Å². The van der Waals surface area contributed by atoms with Crippen LogP contribution >= 0.6 is 11.3 Å². The molecule has 0 aliphatic heterocycles. The van der Waals surface area contributed by atoms with E-state index in [-0.39, 0.29) is 0 Å². The first-order chi connectivity index (χ1) is 8.35. The first kappa shape index (κ1) is 12.6. The lowest BCUT2D eigenvalue weighted by Crippen LogP contribution is -2.26. The highest BCUT2D eigenvalue weighted by Gasteiger charge is 2.05. The van der Waals surface area contributed by atoms with Gasteiger partial charge >= 0.3 is 0 Å². The number of hydrogen-bond donors (Lipinski definition) is 0. The van der Waals surface area contributed by atoms with E-state index in [1.165, 1.54) is 41.6 Å². The summed E-state index contributed by atoms with van der Waals surface area (Å²) in [4.78, 5) is 2.53. The zero-order valence-corrected chi connectivity index (χ0v) is 11.6. The molecule has 1 aromatic carbocycles. The summed E-state index contributed by atoms with van der Waals surface area (Å²) in [6.45, 7) is 8.07. The van der Waals surface area contributed by atoms with Gasteiger partial charge in [-0.3, -0.25) is 0 Å². The number of thiophene rings is 1. The van der Waals surface area contributed by atoms with Crippen LogP contribution in [0.4, 0.5) is 0 Å². The summed E-state index contributed by atoms with van der Waals surface area (Å²) in [7, 11) is 0. The van der Waals surface area contributed by atoms with E-state index in [1.54, 1.807) is 0 Å². The third kappa shape index (κ3) is 3.08. The Morgan fingerprint density at radius 3 is 2.71 bits per heavy atom. The van der Waals surface area contributed by atoms with E-state index < -0.39 is 0 Å². The molecule has 0 aliphatic carbocycles. The van der Waals surface area contributed by atoms with E-state index in [2.05, 4.69) is 48.4 Å². The second kappa shape index (κ2) is 6.18. The van der Waals surface area contributed by atoms with E-state index in [0.717, 1.165) is 6.54 Å². The number of fused-ring (bicyclic) bond motifs is 1. The summed E-state index contributed by atoms with van der Waals surface area (Å²) >= 11 is 1.87. The average Bonchev–Trinajstić information content (AvgIpc) is 2.78. The van der Waals surface area contributed by atoms with Crippen LogP contribution in [0.1, 0.15) is 25.8 Å². The van der Waals surface area contributed by atoms with Crippen molar-refractivity contribution in [1.82, 2.24) is 4.90 Å². The Hall–Kier alpha value is -0.860. The summed E-state index contributed by atoms with van der Waals surface area (Å²) in [6.07, 6.45) is 2.43. The Morgan fingerprint density at radius 2 is 1.94 bits per heavy atom. The highest BCUT2D eigenvalue weighted by molar-refractivity contribution is 7.17. The fourth-order valence-corrected chi connectivity index (χ4v) is 3.25. The van der Waals surface area contributed by atoms with Crippen LogP contribution in [0.3, 0.4) is 0 Å². The standard InChI is InChI=1S/C15H21NS/c1-3-10-16(4-2)11-9-13-12-17-15-8-6-5-7-14(13)15/h5-8,12H,3-4,9-11H2,1-2H3. The fraction of sp³-hybridized carbons (Fsp3) is 0.467. The maximum Gasteiger partial charge on any atom is 0.0345 e. The molecule has 92 valence electrons. The first-order valence-electron chi connectivity index (χ1n) is 6.52. The number of benzene rings is 1. The topological polar surface area (TPSA) is 3.24 Å². The van der Waals surface area contributed by atoms with Gasteiger partial charge in [-0.1, -0.05) is 32.0 Å². The van der Waals surface area contributed by atoms with Gasteiger partial charge < -0.3 is 4.90 Å². The number of likely N-dealkylation sites (N-methyl/N-ethyl adjacent to an activating group) is 1. The number of hydrogen-bond acceptors (Lipinski definition) is 2. The summed E-state index contributed by atoms with van der Waals surface area (Å²) in [5, 5.41) is 3.77. The molecule has 0 spiro atoms. The molecular weight excluding hydrogens is 226 g/mol. The van der Waals surface area contributed by atoms with E-state index in [9.17, 15) is 0 Å². The van der Waals surface area contributed by atoms with Gasteiger partial charge in [-0.15, -0.1) is 11.3 Å². The predicted molar refractivity (Wildman–Crippen MR) is 77.9 cm³/mol. The zero-order chi connectivity index (χ0) is 12.1. The van der Waals surface area contributed by atoms with Crippen molar-refractivity contribution in [2.24, 2.45) is 0 Å². The molecule has 0 saturated carbocycles. The van der Waals surface area contributed by atoms with Crippen molar-refractivity contribution in [3.8, 4) is 0 Å². The molecule has 1 nitrogen and oxygen atoms in total. The van der Waals surface area contributed by atoms with Crippen molar-refractivity contribution >= 4 is 21.4 Å². The van der Waals surface area contributed by atoms with E-state index in [1.807, 2.05) is 11.3 Å². The monoisotopic (exact) mass is 247 g/mol. The van der Waals surface area contributed by atoms with Crippen LogP contribution in [-0.2, 0) is 6.42 Å². The molecule has 2 rings (SSSR count). The first-order valence-corrected chi connectivity index (χ1v) is 7.40. The van der Waals surface area contributed by atoms with Gasteiger partial charge in [0.2, 0.25) is 0 Å². The van der Waals surface area contributed by atoms with Crippen LogP contribution in [0.25, 0.3) is 10.1 Å². The van der Waals surface area contributed by atoms with Crippen LogP contribution < -0.4 is 0 Å². The van der Waals surface area contributed by atoms with Gasteiger partial charge in [0, 0.05) is 11.2 Å². The molecule has 2 heteroatoms. The van der Waals surface area contributed by atoms with Gasteiger partial charge in [0.1, 0.15) is 0 Å². The predicted octanol–water partition coefficient (Wildman–Crippen LogP) is 4.18. The van der Waals surface area contributed by atoms with Gasteiger partial charge in [0.05, 0.1) is 0 Å². The molecule has 0 saturated heterocycles. The van der Waals surface area contributed by atoms with Gasteiger partial charge in [-0.2, -0.15) is 0 Å². The lowest BCUT2D eigenvalue weighted by atomic mass is 10.1. The van der Waals surface area contributed by atoms with Crippen molar-refractivity contribution in [3.63, 3.8) is 0 Å². The van der Waals surface area contributed by atoms with Crippen LogP contribution in [0.15, 0.2) is 29.6 Å². The normalized spacial score (nSPS) is 11.5. The maximum absolute atomic E-state index is 2.53. The molecule has 0 fully saturated rings. The lowest BCUT2D eigenvalue weighted by molar-refractivity contribution is 0.293. The lowest BCUT2D eigenvalue weighted by Gasteiger charge is -2.19. The molecule has 2 aromatic rings. The molecule has 0 unspecified atom stereocenters. The Bertz CT molecular complexity index is 461. The number of nitrogens with zero attached hydrogens (tertiary/aromatic N) is 1. The van der Waals surface area contributed by atoms with Crippen molar-refractivity contribution in [1.29, 1.82) is 0 Å². The molecule has 0 amide bonds. The summed E-state index contributed by atoms with van der Waals surface area (Å²) in [5.74, 6) is 0. The molecule has 0 aliphatic rings. The highest BCUT2D eigenvalue weighted by atomic mass is 32.1. The minimum absolute atomic E-state index is 1.16. The molecule has 1 aromatic heterocycles. The third-order valence-corrected chi connectivity index (χ3v) is 4.26. The molecule has 0 radical (unpaired) electrons. The SMILES string of the molecule is CCCN(CC)CCc1csc2ccccc12. The number of rotatable bonds is 6. The van der Waals surface area contributed by atoms with Crippen LogP contribution in [0.5, 0.6) is 0 Å². The summed E-state index contributed by atoms with van der Waals surface area (Å²) in [6, 6.07) is 8.73. The van der Waals surface area contributed by atoms with Gasteiger partial charge in [0.25, 0.3) is 0 Å². The van der Waals surface area contributed by atoms with Crippen molar-refractivity contribution in [2.75, 3.05) is 19.6 Å². The molecule has 0 atom stereocenters.